The number of hydrogen-bond acceptors (Lipinski definition) is 4. The number of rotatable bonds is 7. The maximum Gasteiger partial charge on any atom is 0.322 e. The molecule has 0 aromatic heterocycles. The van der Waals surface area contributed by atoms with E-state index >= 15 is 0 Å². The molecule has 0 saturated carbocycles. The van der Waals surface area contributed by atoms with Crippen LogP contribution < -0.4 is 15.5 Å². The van der Waals surface area contributed by atoms with E-state index in [4.69, 9.17) is 0 Å². The van der Waals surface area contributed by atoms with E-state index in [2.05, 4.69) is 10.6 Å². The lowest BCUT2D eigenvalue weighted by Gasteiger charge is -2.25. The summed E-state index contributed by atoms with van der Waals surface area (Å²) in [5.74, 6) is -0.236. The van der Waals surface area contributed by atoms with E-state index in [-0.39, 0.29) is 28.5 Å². The van der Waals surface area contributed by atoms with Crippen LogP contribution in [0.1, 0.15) is 22.7 Å². The molecule has 4 amide bonds. The second-order valence-electron chi connectivity index (χ2n) is 9.10. The molecule has 0 spiro atoms. The lowest BCUT2D eigenvalue weighted by molar-refractivity contribution is -0.118. The summed E-state index contributed by atoms with van der Waals surface area (Å²) in [6.07, 6.45) is 0.495. The van der Waals surface area contributed by atoms with Crippen molar-refractivity contribution >= 4 is 34.6 Å². The van der Waals surface area contributed by atoms with E-state index in [0.717, 1.165) is 45.3 Å². The molecular weight excluding hydrogens is 494 g/mol. The van der Waals surface area contributed by atoms with Gasteiger partial charge in [-0.25, -0.2) is 4.79 Å². The number of thioether (sulfide) groups is 1. The highest BCUT2D eigenvalue weighted by Crippen LogP contribution is 2.28. The molecule has 7 heteroatoms. The highest BCUT2D eigenvalue weighted by molar-refractivity contribution is 8.15. The summed E-state index contributed by atoms with van der Waals surface area (Å²) in [6, 6.07) is 35.1. The first-order chi connectivity index (χ1) is 18.5. The fraction of sp³-hybridized carbons (Fsp3) is 0.129. The molecule has 2 N–H and O–H groups in total. The zero-order valence-corrected chi connectivity index (χ0v) is 21.7. The second-order valence-corrected chi connectivity index (χ2v) is 10.3. The summed E-state index contributed by atoms with van der Waals surface area (Å²) >= 11 is 1.04. The third kappa shape index (κ3) is 5.79. The zero-order chi connectivity index (χ0) is 26.5. The Morgan fingerprint density at radius 2 is 1.47 bits per heavy atom. The molecule has 0 bridgehead atoms. The van der Waals surface area contributed by atoms with Crippen LogP contribution in [0, 0.1) is 0 Å². The van der Waals surface area contributed by atoms with E-state index in [1.807, 2.05) is 109 Å². The van der Waals surface area contributed by atoms with Crippen LogP contribution in [0.5, 0.6) is 0 Å². The number of anilines is 1. The fourth-order valence-corrected chi connectivity index (χ4v) is 5.32. The number of urea groups is 1. The SMILES string of the molecule is CN(C(=O)NC(c1ccccc1)c1ccccc1)c1cccc(-c2ccc(CC3SC(=O)NC3=O)cc2)c1. The van der Waals surface area contributed by atoms with Gasteiger partial charge in [0.1, 0.15) is 0 Å². The Hall–Kier alpha value is -4.36. The Labute approximate surface area is 226 Å². The zero-order valence-electron chi connectivity index (χ0n) is 20.8. The molecule has 0 aliphatic carbocycles. The molecule has 190 valence electrons. The van der Waals surface area contributed by atoms with Crippen LogP contribution in [0.4, 0.5) is 15.3 Å². The van der Waals surface area contributed by atoms with E-state index in [0.29, 0.717) is 6.42 Å². The summed E-state index contributed by atoms with van der Waals surface area (Å²) in [4.78, 5) is 38.3. The standard InChI is InChI=1S/C31H27N3O3S/c1-34(30(36)32-28(23-9-4-2-5-10-23)24-11-6-3-7-12-24)26-14-8-13-25(20-26)22-17-15-21(16-18-22)19-27-29(35)33-31(37)38-27/h2-18,20,27-28H,19H2,1H3,(H,32,36)(H,33,35,37). The van der Waals surface area contributed by atoms with E-state index in [1.165, 1.54) is 0 Å². The van der Waals surface area contributed by atoms with Gasteiger partial charge in [-0.1, -0.05) is 109 Å². The molecule has 5 rings (SSSR count). The molecule has 4 aromatic carbocycles. The summed E-state index contributed by atoms with van der Waals surface area (Å²) in [5.41, 5.74) is 5.73. The van der Waals surface area contributed by atoms with Crippen LogP contribution in [0.3, 0.4) is 0 Å². The third-order valence-electron chi connectivity index (χ3n) is 6.55. The van der Waals surface area contributed by atoms with Gasteiger partial charge in [-0.3, -0.25) is 19.8 Å². The summed E-state index contributed by atoms with van der Waals surface area (Å²) in [6.45, 7) is 0. The number of carbonyl (C=O) groups is 3. The fourth-order valence-electron chi connectivity index (χ4n) is 4.46. The summed E-state index contributed by atoms with van der Waals surface area (Å²) in [7, 11) is 1.76. The molecule has 1 saturated heterocycles. The number of amides is 4. The van der Waals surface area contributed by atoms with Gasteiger partial charge in [0.25, 0.3) is 5.24 Å². The highest BCUT2D eigenvalue weighted by Gasteiger charge is 2.31. The van der Waals surface area contributed by atoms with Gasteiger partial charge in [0.05, 0.1) is 11.3 Å². The molecule has 38 heavy (non-hydrogen) atoms. The quantitative estimate of drug-likeness (QED) is 0.304. The van der Waals surface area contributed by atoms with Crippen molar-refractivity contribution in [3.8, 4) is 11.1 Å². The number of carbonyl (C=O) groups excluding carboxylic acids is 3. The smallest absolute Gasteiger partial charge is 0.322 e. The first-order valence-corrected chi connectivity index (χ1v) is 13.2. The van der Waals surface area contributed by atoms with Gasteiger partial charge < -0.3 is 5.32 Å². The maximum atomic E-state index is 13.4. The van der Waals surface area contributed by atoms with Crippen LogP contribution in [0.2, 0.25) is 0 Å². The van der Waals surface area contributed by atoms with Crippen LogP contribution in [-0.2, 0) is 11.2 Å². The number of benzene rings is 4. The second kappa shape index (κ2) is 11.4. The first-order valence-electron chi connectivity index (χ1n) is 12.3. The minimum atomic E-state index is -0.389. The Balaban J connectivity index is 1.31. The minimum Gasteiger partial charge on any atom is -0.327 e. The van der Waals surface area contributed by atoms with Gasteiger partial charge in [0.15, 0.2) is 0 Å². The molecule has 1 aliphatic rings. The average molecular weight is 522 g/mol. The van der Waals surface area contributed by atoms with Crippen LogP contribution >= 0.6 is 11.8 Å². The van der Waals surface area contributed by atoms with Crippen molar-refractivity contribution in [2.75, 3.05) is 11.9 Å². The molecule has 0 radical (unpaired) electrons. The van der Waals surface area contributed by atoms with Crippen molar-refractivity contribution in [1.29, 1.82) is 0 Å². The Kier molecular flexibility index (Phi) is 7.56. The lowest BCUT2D eigenvalue weighted by atomic mass is 9.99. The van der Waals surface area contributed by atoms with E-state index in [1.54, 1.807) is 11.9 Å². The largest absolute Gasteiger partial charge is 0.327 e. The van der Waals surface area contributed by atoms with Crippen LogP contribution in [0.15, 0.2) is 109 Å². The van der Waals surface area contributed by atoms with E-state index in [9.17, 15) is 14.4 Å². The number of nitrogens with one attached hydrogen (secondary N) is 2. The average Bonchev–Trinajstić information content (AvgIpc) is 3.28. The molecule has 1 aliphatic heterocycles. The number of hydrogen-bond donors (Lipinski definition) is 2. The summed E-state index contributed by atoms with van der Waals surface area (Å²) in [5, 5.41) is 4.83. The van der Waals surface area contributed by atoms with Crippen LogP contribution in [-0.4, -0.2) is 29.5 Å². The van der Waals surface area contributed by atoms with Crippen molar-refractivity contribution in [3.63, 3.8) is 0 Å². The molecule has 4 aromatic rings. The number of imide groups is 1. The normalized spacial score (nSPS) is 14.8. The van der Waals surface area contributed by atoms with Gasteiger partial charge in [-0.05, 0) is 46.4 Å². The number of nitrogens with zero attached hydrogens (tertiary/aromatic N) is 1. The molecular formula is C31H27N3O3S. The van der Waals surface area contributed by atoms with Gasteiger partial charge in [0, 0.05) is 12.7 Å². The minimum absolute atomic E-state index is 0.211. The Bertz CT molecular complexity index is 1400. The van der Waals surface area contributed by atoms with Crippen LogP contribution in [0.25, 0.3) is 11.1 Å². The molecule has 1 heterocycles. The Morgan fingerprint density at radius 1 is 0.842 bits per heavy atom. The summed E-state index contributed by atoms with van der Waals surface area (Å²) < 4.78 is 0. The third-order valence-corrected chi connectivity index (χ3v) is 7.53. The topological polar surface area (TPSA) is 78.5 Å². The van der Waals surface area contributed by atoms with Crippen molar-refractivity contribution in [1.82, 2.24) is 10.6 Å². The van der Waals surface area contributed by atoms with Crippen molar-refractivity contribution < 1.29 is 14.4 Å². The maximum absolute atomic E-state index is 13.4. The Morgan fingerprint density at radius 3 is 2.05 bits per heavy atom. The highest BCUT2D eigenvalue weighted by atomic mass is 32.2. The van der Waals surface area contributed by atoms with Gasteiger partial charge in [0.2, 0.25) is 5.91 Å². The van der Waals surface area contributed by atoms with Gasteiger partial charge in [-0.15, -0.1) is 0 Å². The monoisotopic (exact) mass is 521 g/mol. The predicted molar refractivity (Wildman–Crippen MR) is 152 cm³/mol. The van der Waals surface area contributed by atoms with Gasteiger partial charge in [-0.2, -0.15) is 0 Å². The molecule has 1 atom stereocenters. The predicted octanol–water partition coefficient (Wildman–Crippen LogP) is 6.18. The molecule has 1 unspecified atom stereocenters. The first kappa shape index (κ1) is 25.3. The molecule has 6 nitrogen and oxygen atoms in total. The van der Waals surface area contributed by atoms with Crippen molar-refractivity contribution in [2.45, 2.75) is 17.7 Å². The van der Waals surface area contributed by atoms with Crippen molar-refractivity contribution in [2.24, 2.45) is 0 Å². The molecule has 1 fully saturated rings. The van der Waals surface area contributed by atoms with Gasteiger partial charge >= 0.3 is 6.03 Å². The van der Waals surface area contributed by atoms with E-state index < -0.39 is 0 Å². The lowest BCUT2D eigenvalue weighted by Crippen LogP contribution is -2.39. The van der Waals surface area contributed by atoms with Crippen molar-refractivity contribution in [3.05, 3.63) is 126 Å².